The lowest BCUT2D eigenvalue weighted by atomic mass is 9.91. The Bertz CT molecular complexity index is 916. The van der Waals surface area contributed by atoms with Gasteiger partial charge in [0.15, 0.2) is 0 Å². The molecule has 4 nitrogen and oxygen atoms in total. The third kappa shape index (κ3) is 3.96. The SMILES string of the molecule is COc1cc2c(cc1S(=O)(=O)N1CCC(Cc3ccccc3)CC1)CCCC2. The van der Waals surface area contributed by atoms with E-state index in [4.69, 9.17) is 4.74 Å². The number of ether oxygens (including phenoxy) is 1. The molecule has 5 heteroatoms. The van der Waals surface area contributed by atoms with Crippen LogP contribution in [0.15, 0.2) is 47.4 Å². The Hall–Kier alpha value is -1.85. The molecule has 0 atom stereocenters. The average Bonchev–Trinajstić information content (AvgIpc) is 2.74. The Morgan fingerprint density at radius 2 is 1.64 bits per heavy atom. The van der Waals surface area contributed by atoms with Gasteiger partial charge in [-0.2, -0.15) is 4.31 Å². The van der Waals surface area contributed by atoms with Crippen LogP contribution in [-0.4, -0.2) is 32.9 Å². The average molecular weight is 400 g/mol. The van der Waals surface area contributed by atoms with Crippen LogP contribution in [0.5, 0.6) is 5.75 Å². The minimum absolute atomic E-state index is 0.345. The number of hydrogen-bond acceptors (Lipinski definition) is 3. The maximum atomic E-state index is 13.4. The van der Waals surface area contributed by atoms with E-state index in [2.05, 4.69) is 24.3 Å². The van der Waals surface area contributed by atoms with Gasteiger partial charge in [0.25, 0.3) is 0 Å². The molecule has 0 saturated carbocycles. The Morgan fingerprint density at radius 1 is 1.00 bits per heavy atom. The third-order valence-corrected chi connectivity index (χ3v) is 8.11. The molecule has 0 aromatic heterocycles. The van der Waals surface area contributed by atoms with Crippen LogP contribution in [-0.2, 0) is 29.3 Å². The van der Waals surface area contributed by atoms with Gasteiger partial charge in [0.1, 0.15) is 10.6 Å². The summed E-state index contributed by atoms with van der Waals surface area (Å²) in [6, 6.07) is 14.3. The molecule has 150 valence electrons. The first kappa shape index (κ1) is 19.5. The predicted octanol–water partition coefficient (Wildman–Crippen LogP) is 4.22. The van der Waals surface area contributed by atoms with E-state index in [1.165, 1.54) is 16.7 Å². The monoisotopic (exact) mass is 399 g/mol. The normalized spacial score (nSPS) is 18.6. The van der Waals surface area contributed by atoms with Crippen molar-refractivity contribution in [3.63, 3.8) is 0 Å². The minimum atomic E-state index is -3.53. The first-order chi connectivity index (χ1) is 13.6. The standard InChI is InChI=1S/C23H29NO3S/c1-27-22-16-20-9-5-6-10-21(20)17-23(22)28(25,26)24-13-11-19(12-14-24)15-18-7-3-2-4-8-18/h2-4,7-8,16-17,19H,5-6,9-15H2,1H3. The fraction of sp³-hybridized carbons (Fsp3) is 0.478. The summed E-state index contributed by atoms with van der Waals surface area (Å²) >= 11 is 0. The highest BCUT2D eigenvalue weighted by molar-refractivity contribution is 7.89. The Balaban J connectivity index is 1.50. The molecule has 0 radical (unpaired) electrons. The molecule has 1 heterocycles. The second-order valence-corrected chi connectivity index (χ2v) is 9.92. The van der Waals surface area contributed by atoms with E-state index >= 15 is 0 Å². The van der Waals surface area contributed by atoms with Crippen molar-refractivity contribution < 1.29 is 13.2 Å². The summed E-state index contributed by atoms with van der Waals surface area (Å²) in [4.78, 5) is 0.345. The molecule has 0 bridgehead atoms. The summed E-state index contributed by atoms with van der Waals surface area (Å²) in [6.45, 7) is 1.17. The second-order valence-electron chi connectivity index (χ2n) is 8.02. The van der Waals surface area contributed by atoms with Crippen molar-refractivity contribution in [2.24, 2.45) is 5.92 Å². The number of benzene rings is 2. The highest BCUT2D eigenvalue weighted by Crippen LogP contribution is 2.35. The van der Waals surface area contributed by atoms with Crippen molar-refractivity contribution in [2.45, 2.75) is 49.8 Å². The maximum absolute atomic E-state index is 13.4. The number of nitrogens with zero attached hydrogens (tertiary/aromatic N) is 1. The molecule has 0 unspecified atom stereocenters. The fourth-order valence-electron chi connectivity index (χ4n) is 4.54. The van der Waals surface area contributed by atoms with E-state index < -0.39 is 10.0 Å². The zero-order valence-corrected chi connectivity index (χ0v) is 17.4. The second kappa shape index (κ2) is 8.26. The Labute approximate surface area is 168 Å². The molecule has 1 saturated heterocycles. The van der Waals surface area contributed by atoms with E-state index in [1.807, 2.05) is 18.2 Å². The van der Waals surface area contributed by atoms with Crippen LogP contribution in [0, 0.1) is 5.92 Å². The molecular formula is C23H29NO3S. The van der Waals surface area contributed by atoms with Gasteiger partial charge < -0.3 is 4.74 Å². The molecule has 28 heavy (non-hydrogen) atoms. The first-order valence-corrected chi connectivity index (χ1v) is 11.8. The van der Waals surface area contributed by atoms with Crippen molar-refractivity contribution >= 4 is 10.0 Å². The van der Waals surface area contributed by atoms with Crippen LogP contribution in [0.3, 0.4) is 0 Å². The summed E-state index contributed by atoms with van der Waals surface area (Å²) in [7, 11) is -1.96. The van der Waals surface area contributed by atoms with Gasteiger partial charge in [0.05, 0.1) is 7.11 Å². The van der Waals surface area contributed by atoms with E-state index in [1.54, 1.807) is 11.4 Å². The van der Waals surface area contributed by atoms with Crippen molar-refractivity contribution in [1.82, 2.24) is 4.31 Å². The lowest BCUT2D eigenvalue weighted by molar-refractivity contribution is 0.272. The van der Waals surface area contributed by atoms with E-state index in [9.17, 15) is 8.42 Å². The van der Waals surface area contributed by atoms with Crippen molar-refractivity contribution in [3.05, 3.63) is 59.2 Å². The van der Waals surface area contributed by atoms with E-state index in [-0.39, 0.29) is 0 Å². The van der Waals surface area contributed by atoms with Gasteiger partial charge in [-0.3, -0.25) is 0 Å². The topological polar surface area (TPSA) is 46.6 Å². The van der Waals surface area contributed by atoms with Crippen molar-refractivity contribution in [3.8, 4) is 5.75 Å². The maximum Gasteiger partial charge on any atom is 0.246 e. The van der Waals surface area contributed by atoms with Crippen LogP contribution in [0.1, 0.15) is 42.4 Å². The number of hydrogen-bond donors (Lipinski definition) is 0. The first-order valence-electron chi connectivity index (χ1n) is 10.3. The zero-order chi connectivity index (χ0) is 19.6. The van der Waals surface area contributed by atoms with Gasteiger partial charge in [-0.25, -0.2) is 8.42 Å². The molecule has 1 fully saturated rings. The molecule has 0 spiro atoms. The lowest BCUT2D eigenvalue weighted by Crippen LogP contribution is -2.39. The van der Waals surface area contributed by atoms with Crippen LogP contribution < -0.4 is 4.74 Å². The number of rotatable bonds is 5. The number of aryl methyl sites for hydroxylation is 2. The summed E-state index contributed by atoms with van der Waals surface area (Å²) in [6.07, 6.45) is 7.10. The number of sulfonamides is 1. The minimum Gasteiger partial charge on any atom is -0.495 e. The highest BCUT2D eigenvalue weighted by atomic mass is 32.2. The lowest BCUT2D eigenvalue weighted by Gasteiger charge is -2.32. The number of piperidine rings is 1. The number of fused-ring (bicyclic) bond motifs is 1. The van der Waals surface area contributed by atoms with Gasteiger partial charge in [0, 0.05) is 13.1 Å². The Morgan fingerprint density at radius 3 is 2.29 bits per heavy atom. The molecular weight excluding hydrogens is 370 g/mol. The van der Waals surface area contributed by atoms with Crippen LogP contribution >= 0.6 is 0 Å². The highest BCUT2D eigenvalue weighted by Gasteiger charge is 2.32. The van der Waals surface area contributed by atoms with Gasteiger partial charge in [-0.1, -0.05) is 30.3 Å². The molecule has 4 rings (SSSR count). The quantitative estimate of drug-likeness (QED) is 0.756. The third-order valence-electron chi connectivity index (χ3n) is 6.19. The number of methoxy groups -OCH3 is 1. The molecule has 1 aliphatic carbocycles. The van der Waals surface area contributed by atoms with Gasteiger partial charge in [-0.15, -0.1) is 0 Å². The van der Waals surface area contributed by atoms with Crippen LogP contribution in [0.25, 0.3) is 0 Å². The van der Waals surface area contributed by atoms with Crippen molar-refractivity contribution in [2.75, 3.05) is 20.2 Å². The molecule has 2 aromatic carbocycles. The molecule has 0 amide bonds. The van der Waals surface area contributed by atoms with Gasteiger partial charge >= 0.3 is 0 Å². The predicted molar refractivity (Wildman–Crippen MR) is 111 cm³/mol. The summed E-state index contributed by atoms with van der Waals surface area (Å²) in [5, 5.41) is 0. The summed E-state index contributed by atoms with van der Waals surface area (Å²) in [5.74, 6) is 1.03. The Kier molecular flexibility index (Phi) is 5.74. The van der Waals surface area contributed by atoms with Gasteiger partial charge in [0.2, 0.25) is 10.0 Å². The van der Waals surface area contributed by atoms with E-state index in [0.717, 1.165) is 44.9 Å². The van der Waals surface area contributed by atoms with Crippen molar-refractivity contribution in [1.29, 1.82) is 0 Å². The van der Waals surface area contributed by atoms with Crippen LogP contribution in [0.4, 0.5) is 0 Å². The van der Waals surface area contributed by atoms with Crippen LogP contribution in [0.2, 0.25) is 0 Å². The largest absolute Gasteiger partial charge is 0.495 e. The smallest absolute Gasteiger partial charge is 0.246 e. The summed E-state index contributed by atoms with van der Waals surface area (Å²) < 4.78 is 33.9. The molecule has 0 N–H and O–H groups in total. The summed E-state index contributed by atoms with van der Waals surface area (Å²) in [5.41, 5.74) is 3.74. The molecule has 2 aromatic rings. The molecule has 2 aliphatic rings. The zero-order valence-electron chi connectivity index (χ0n) is 16.6. The van der Waals surface area contributed by atoms with Gasteiger partial charge in [-0.05, 0) is 79.7 Å². The molecule has 1 aliphatic heterocycles. The van der Waals surface area contributed by atoms with E-state index in [0.29, 0.717) is 29.7 Å². The fourth-order valence-corrected chi connectivity index (χ4v) is 6.20.